The maximum Gasteiger partial charge on any atom is 0.222 e. The molecule has 0 aromatic heterocycles. The van der Waals surface area contributed by atoms with Gasteiger partial charge in [-0.1, -0.05) is 0 Å². The number of carbonyl (C=O) groups is 2. The SMILES string of the molecule is CCN(CC)C(=O)CCCNC(=O)CCN. The van der Waals surface area contributed by atoms with Crippen LogP contribution in [0.5, 0.6) is 0 Å². The molecule has 0 unspecified atom stereocenters. The van der Waals surface area contributed by atoms with E-state index in [4.69, 9.17) is 5.73 Å². The molecule has 0 atom stereocenters. The van der Waals surface area contributed by atoms with Crippen molar-refractivity contribution >= 4 is 11.8 Å². The number of carbonyl (C=O) groups excluding carboxylic acids is 2. The Hall–Kier alpha value is -1.10. The van der Waals surface area contributed by atoms with Gasteiger partial charge in [-0.2, -0.15) is 0 Å². The summed E-state index contributed by atoms with van der Waals surface area (Å²) in [4.78, 5) is 24.4. The van der Waals surface area contributed by atoms with Crippen molar-refractivity contribution in [3.05, 3.63) is 0 Å². The Balaban J connectivity index is 3.58. The zero-order valence-corrected chi connectivity index (χ0v) is 10.3. The van der Waals surface area contributed by atoms with Gasteiger partial charge in [0.1, 0.15) is 0 Å². The molecule has 3 N–H and O–H groups in total. The van der Waals surface area contributed by atoms with Crippen LogP contribution in [-0.4, -0.2) is 42.9 Å². The smallest absolute Gasteiger partial charge is 0.222 e. The molecule has 94 valence electrons. The third-order valence-corrected chi connectivity index (χ3v) is 2.38. The summed E-state index contributed by atoms with van der Waals surface area (Å²) in [6.07, 6.45) is 1.53. The molecule has 0 rings (SSSR count). The fraction of sp³-hybridized carbons (Fsp3) is 0.818. The molecule has 0 bridgehead atoms. The van der Waals surface area contributed by atoms with Gasteiger partial charge in [-0.3, -0.25) is 9.59 Å². The molecular formula is C11H23N3O2. The van der Waals surface area contributed by atoms with Crippen LogP contribution in [0.25, 0.3) is 0 Å². The third kappa shape index (κ3) is 6.40. The summed E-state index contributed by atoms with van der Waals surface area (Å²) in [6.45, 7) is 6.33. The summed E-state index contributed by atoms with van der Waals surface area (Å²) in [5.41, 5.74) is 5.24. The molecule has 0 saturated heterocycles. The zero-order valence-electron chi connectivity index (χ0n) is 10.3. The van der Waals surface area contributed by atoms with Gasteiger partial charge in [0.05, 0.1) is 0 Å². The molecule has 0 aromatic carbocycles. The topological polar surface area (TPSA) is 75.4 Å². The van der Waals surface area contributed by atoms with Crippen LogP contribution >= 0.6 is 0 Å². The Morgan fingerprint density at radius 1 is 1.19 bits per heavy atom. The highest BCUT2D eigenvalue weighted by molar-refractivity contribution is 5.77. The number of hydrogen-bond acceptors (Lipinski definition) is 3. The number of nitrogens with two attached hydrogens (primary N) is 1. The second-order valence-corrected chi connectivity index (χ2v) is 3.56. The number of hydrogen-bond donors (Lipinski definition) is 2. The average molecular weight is 229 g/mol. The summed E-state index contributed by atoms with van der Waals surface area (Å²) < 4.78 is 0. The van der Waals surface area contributed by atoms with Crippen molar-refractivity contribution in [3.63, 3.8) is 0 Å². The van der Waals surface area contributed by atoms with E-state index in [1.54, 1.807) is 4.90 Å². The Morgan fingerprint density at radius 2 is 1.81 bits per heavy atom. The van der Waals surface area contributed by atoms with Gasteiger partial charge in [-0.25, -0.2) is 0 Å². The van der Waals surface area contributed by atoms with Crippen LogP contribution in [-0.2, 0) is 9.59 Å². The van der Waals surface area contributed by atoms with Crippen LogP contribution in [0.15, 0.2) is 0 Å². The maximum atomic E-state index is 11.6. The number of nitrogens with one attached hydrogen (secondary N) is 1. The van der Waals surface area contributed by atoms with Crippen molar-refractivity contribution in [1.82, 2.24) is 10.2 Å². The molecule has 0 aromatic rings. The molecule has 0 fully saturated rings. The Morgan fingerprint density at radius 3 is 2.31 bits per heavy atom. The molecule has 0 heterocycles. The Labute approximate surface area is 97.4 Å². The first kappa shape index (κ1) is 14.9. The van der Waals surface area contributed by atoms with Gasteiger partial charge in [-0.05, 0) is 20.3 Å². The van der Waals surface area contributed by atoms with E-state index in [2.05, 4.69) is 5.32 Å². The van der Waals surface area contributed by atoms with Crippen molar-refractivity contribution in [2.24, 2.45) is 5.73 Å². The minimum atomic E-state index is -0.0437. The van der Waals surface area contributed by atoms with Crippen molar-refractivity contribution in [2.75, 3.05) is 26.2 Å². The lowest BCUT2D eigenvalue weighted by molar-refractivity contribution is -0.131. The van der Waals surface area contributed by atoms with Crippen molar-refractivity contribution < 1.29 is 9.59 Å². The summed E-state index contributed by atoms with van der Waals surface area (Å²) >= 11 is 0. The second-order valence-electron chi connectivity index (χ2n) is 3.56. The average Bonchev–Trinajstić information content (AvgIpc) is 2.26. The van der Waals surface area contributed by atoms with Crippen LogP contribution in [0.1, 0.15) is 33.1 Å². The monoisotopic (exact) mass is 229 g/mol. The summed E-state index contributed by atoms with van der Waals surface area (Å²) in [5, 5.41) is 2.72. The van der Waals surface area contributed by atoms with Crippen LogP contribution in [0.2, 0.25) is 0 Å². The molecular weight excluding hydrogens is 206 g/mol. The number of amides is 2. The molecule has 0 aliphatic rings. The molecule has 0 spiro atoms. The van der Waals surface area contributed by atoms with E-state index in [1.165, 1.54) is 0 Å². The zero-order chi connectivity index (χ0) is 12.4. The van der Waals surface area contributed by atoms with E-state index in [9.17, 15) is 9.59 Å². The first-order chi connectivity index (χ1) is 7.65. The van der Waals surface area contributed by atoms with Crippen LogP contribution in [0.3, 0.4) is 0 Å². The van der Waals surface area contributed by atoms with E-state index < -0.39 is 0 Å². The van der Waals surface area contributed by atoms with Gasteiger partial charge < -0.3 is 16.0 Å². The minimum Gasteiger partial charge on any atom is -0.356 e. The predicted octanol–water partition coefficient (Wildman–Crippen LogP) is 0.100. The van der Waals surface area contributed by atoms with Gasteiger partial charge in [0.2, 0.25) is 11.8 Å². The Kier molecular flexibility index (Phi) is 8.52. The first-order valence-corrected chi connectivity index (χ1v) is 5.90. The quantitative estimate of drug-likeness (QED) is 0.580. The second kappa shape index (κ2) is 9.15. The number of rotatable bonds is 8. The molecule has 0 aliphatic heterocycles. The summed E-state index contributed by atoms with van der Waals surface area (Å²) in [6, 6.07) is 0. The molecule has 0 aliphatic carbocycles. The van der Waals surface area contributed by atoms with Gasteiger partial charge >= 0.3 is 0 Å². The fourth-order valence-corrected chi connectivity index (χ4v) is 1.42. The van der Waals surface area contributed by atoms with E-state index in [-0.39, 0.29) is 11.8 Å². The number of nitrogens with zero attached hydrogens (tertiary/aromatic N) is 1. The van der Waals surface area contributed by atoms with E-state index in [0.717, 1.165) is 13.1 Å². The maximum absolute atomic E-state index is 11.6. The lowest BCUT2D eigenvalue weighted by atomic mass is 10.2. The third-order valence-electron chi connectivity index (χ3n) is 2.38. The highest BCUT2D eigenvalue weighted by Gasteiger charge is 2.08. The van der Waals surface area contributed by atoms with Crippen molar-refractivity contribution in [1.29, 1.82) is 0 Å². The minimum absolute atomic E-state index is 0.0437. The van der Waals surface area contributed by atoms with Crippen molar-refractivity contribution in [3.8, 4) is 0 Å². The standard InChI is InChI=1S/C11H23N3O2/c1-3-14(4-2)11(16)6-5-9-13-10(15)7-8-12/h3-9,12H2,1-2H3,(H,13,15). The lowest BCUT2D eigenvalue weighted by Gasteiger charge is -2.18. The molecule has 2 amide bonds. The van der Waals surface area contributed by atoms with E-state index >= 15 is 0 Å². The summed E-state index contributed by atoms with van der Waals surface area (Å²) in [5.74, 6) is 0.107. The lowest BCUT2D eigenvalue weighted by Crippen LogP contribution is -2.32. The largest absolute Gasteiger partial charge is 0.356 e. The van der Waals surface area contributed by atoms with Crippen LogP contribution in [0, 0.1) is 0 Å². The Bertz CT molecular complexity index is 215. The fourth-order valence-electron chi connectivity index (χ4n) is 1.42. The highest BCUT2D eigenvalue weighted by Crippen LogP contribution is 1.96. The summed E-state index contributed by atoms with van der Waals surface area (Å²) in [7, 11) is 0. The first-order valence-electron chi connectivity index (χ1n) is 5.90. The molecule has 5 heteroatoms. The van der Waals surface area contributed by atoms with Gasteiger partial charge in [0.15, 0.2) is 0 Å². The predicted molar refractivity (Wildman–Crippen MR) is 63.8 cm³/mol. The normalized spacial score (nSPS) is 9.94. The molecule has 0 radical (unpaired) electrons. The van der Waals surface area contributed by atoms with Crippen molar-refractivity contribution in [2.45, 2.75) is 33.1 Å². The van der Waals surface area contributed by atoms with Crippen LogP contribution in [0.4, 0.5) is 0 Å². The van der Waals surface area contributed by atoms with Gasteiger partial charge in [0, 0.05) is 39.0 Å². The van der Waals surface area contributed by atoms with Gasteiger partial charge in [-0.15, -0.1) is 0 Å². The molecule has 16 heavy (non-hydrogen) atoms. The van der Waals surface area contributed by atoms with Crippen LogP contribution < -0.4 is 11.1 Å². The molecule has 5 nitrogen and oxygen atoms in total. The van der Waals surface area contributed by atoms with E-state index in [1.807, 2.05) is 13.8 Å². The highest BCUT2D eigenvalue weighted by atomic mass is 16.2. The van der Waals surface area contributed by atoms with E-state index in [0.29, 0.717) is 32.4 Å². The van der Waals surface area contributed by atoms with Gasteiger partial charge in [0.25, 0.3) is 0 Å². The molecule has 0 saturated carbocycles.